The fourth-order valence-corrected chi connectivity index (χ4v) is 8.86. The lowest BCUT2D eigenvalue weighted by Gasteiger charge is -2.60. The van der Waals surface area contributed by atoms with E-state index >= 15 is 0 Å². The van der Waals surface area contributed by atoms with Crippen molar-refractivity contribution < 1.29 is 25.2 Å². The third kappa shape index (κ3) is 2.77. The number of aliphatic hydroxyl groups excluding tert-OH is 2. The molecule has 0 amide bonds. The molecule has 5 nitrogen and oxygen atoms in total. The molecule has 1 spiro atoms. The summed E-state index contributed by atoms with van der Waals surface area (Å²) in [4.78, 5) is 14.0. The van der Waals surface area contributed by atoms with Gasteiger partial charge < -0.3 is 20.4 Å². The average molecular weight is 459 g/mol. The van der Waals surface area contributed by atoms with Gasteiger partial charge in [0.2, 0.25) is 0 Å². The van der Waals surface area contributed by atoms with Crippen LogP contribution >= 0.6 is 0 Å². The Morgan fingerprint density at radius 2 is 1.82 bits per heavy atom. The summed E-state index contributed by atoms with van der Waals surface area (Å²) in [5.41, 5.74) is -2.57. The number of ketones is 1. The van der Waals surface area contributed by atoms with Crippen LogP contribution in [-0.2, 0) is 4.79 Å². The summed E-state index contributed by atoms with van der Waals surface area (Å²) in [6, 6.07) is 0. The van der Waals surface area contributed by atoms with Crippen LogP contribution in [0.25, 0.3) is 0 Å². The molecular weight excluding hydrogens is 416 g/mol. The number of carbonyl (C=O) groups excluding carboxylic acids is 1. The molecule has 0 aromatic heterocycles. The number of hydrogen-bond acceptors (Lipinski definition) is 5. The number of hydrogen-bond donors (Lipinski definition) is 4. The van der Waals surface area contributed by atoms with E-state index in [1.165, 1.54) is 5.57 Å². The van der Waals surface area contributed by atoms with Gasteiger partial charge in [-0.2, -0.15) is 0 Å². The maximum Gasteiger partial charge on any atom is 0.170 e. The zero-order valence-corrected chi connectivity index (χ0v) is 20.8. The first-order valence-electron chi connectivity index (χ1n) is 13.1. The Morgan fingerprint density at radius 1 is 1.12 bits per heavy atom. The summed E-state index contributed by atoms with van der Waals surface area (Å²) < 4.78 is 0. The molecule has 0 heterocycles. The molecule has 0 unspecified atom stereocenters. The molecule has 33 heavy (non-hydrogen) atoms. The van der Waals surface area contributed by atoms with Gasteiger partial charge in [0.15, 0.2) is 11.4 Å². The number of fused-ring (bicyclic) bond motifs is 3. The zero-order valence-electron chi connectivity index (χ0n) is 20.8. The SMILES string of the molecule is CC(C)[C@H](C)[C@H](O)[C@@H]1C[C@]23CC(=O)[C@]4(O)C(=C2CC[C@@H]3[C@@H]1C)C=C[C@]1(O)C[C@H](O)CC[C@@]41C. The average Bonchev–Trinajstić information content (AvgIpc) is 3.23. The maximum atomic E-state index is 14.0. The molecule has 0 aromatic carbocycles. The first-order chi connectivity index (χ1) is 15.3. The molecule has 10 atom stereocenters. The Morgan fingerprint density at radius 3 is 2.48 bits per heavy atom. The van der Waals surface area contributed by atoms with Crippen LogP contribution in [0.4, 0.5) is 0 Å². The Labute approximate surface area is 198 Å². The topological polar surface area (TPSA) is 98.0 Å². The smallest absolute Gasteiger partial charge is 0.170 e. The minimum Gasteiger partial charge on any atom is -0.393 e. The van der Waals surface area contributed by atoms with Crippen molar-refractivity contribution in [2.45, 2.75) is 103 Å². The molecule has 0 radical (unpaired) electrons. The summed E-state index contributed by atoms with van der Waals surface area (Å²) in [5.74, 6) is 1.20. The largest absolute Gasteiger partial charge is 0.393 e. The molecule has 0 bridgehead atoms. The molecule has 0 aliphatic heterocycles. The van der Waals surface area contributed by atoms with E-state index in [-0.39, 0.29) is 29.5 Å². The highest BCUT2D eigenvalue weighted by molar-refractivity contribution is 5.96. The first-order valence-corrected chi connectivity index (χ1v) is 13.1. The lowest BCUT2D eigenvalue weighted by Crippen LogP contribution is -2.70. The molecule has 5 heteroatoms. The van der Waals surface area contributed by atoms with Crippen LogP contribution in [0, 0.1) is 40.4 Å². The summed E-state index contributed by atoms with van der Waals surface area (Å²) in [6.45, 7) is 10.5. The van der Waals surface area contributed by atoms with E-state index in [1.54, 1.807) is 6.08 Å². The number of carbonyl (C=O) groups is 1. The molecule has 4 N–H and O–H groups in total. The van der Waals surface area contributed by atoms with E-state index in [4.69, 9.17) is 0 Å². The van der Waals surface area contributed by atoms with Crippen LogP contribution in [0.2, 0.25) is 0 Å². The Hall–Kier alpha value is -1.01. The van der Waals surface area contributed by atoms with Gasteiger partial charge in [-0.3, -0.25) is 4.79 Å². The van der Waals surface area contributed by atoms with Crippen molar-refractivity contribution in [1.82, 2.24) is 0 Å². The second-order valence-corrected chi connectivity index (χ2v) is 12.8. The van der Waals surface area contributed by atoms with E-state index in [1.807, 2.05) is 13.0 Å². The molecule has 5 aliphatic carbocycles. The molecule has 0 saturated heterocycles. The molecule has 3 saturated carbocycles. The Bertz CT molecular complexity index is 921. The highest BCUT2D eigenvalue weighted by atomic mass is 16.3. The summed E-state index contributed by atoms with van der Waals surface area (Å²) >= 11 is 0. The van der Waals surface area contributed by atoms with Crippen LogP contribution in [0.3, 0.4) is 0 Å². The lowest BCUT2D eigenvalue weighted by atomic mass is 9.46. The number of rotatable bonds is 3. The molecular formula is C28H42O5. The monoisotopic (exact) mass is 458 g/mol. The predicted molar refractivity (Wildman–Crippen MR) is 126 cm³/mol. The maximum absolute atomic E-state index is 14.0. The van der Waals surface area contributed by atoms with Crippen molar-refractivity contribution in [3.05, 3.63) is 23.3 Å². The van der Waals surface area contributed by atoms with Crippen LogP contribution in [0.5, 0.6) is 0 Å². The predicted octanol–water partition coefficient (Wildman–Crippen LogP) is 3.54. The Kier molecular flexibility index (Phi) is 5.21. The highest BCUT2D eigenvalue weighted by Gasteiger charge is 2.72. The zero-order chi connectivity index (χ0) is 24.1. The van der Waals surface area contributed by atoms with Crippen molar-refractivity contribution in [2.24, 2.45) is 40.4 Å². The van der Waals surface area contributed by atoms with E-state index in [0.29, 0.717) is 42.6 Å². The standard InChI is InChI=1S/C28H42O5/c1-15(2)16(3)24(31)19-13-26-14-23(30)28(33)22(21(26)7-6-20(26)17(19)4)9-11-27(32)12-18(29)8-10-25(27,28)5/h9,11,15-20,24,29,31-33H,6-8,10,12-14H2,1-5H3/t16-,17+,18+,19+,20+,24-,25+,26+,27-,28+/m0/s1. The first kappa shape index (κ1) is 23.7. The second kappa shape index (κ2) is 7.25. The van der Waals surface area contributed by atoms with E-state index in [2.05, 4.69) is 27.7 Å². The van der Waals surface area contributed by atoms with Gasteiger partial charge in [-0.25, -0.2) is 0 Å². The molecule has 5 rings (SSSR count). The van der Waals surface area contributed by atoms with E-state index < -0.39 is 28.8 Å². The van der Waals surface area contributed by atoms with Crippen LogP contribution in [0.1, 0.15) is 79.6 Å². The minimum absolute atomic E-state index is 0.143. The van der Waals surface area contributed by atoms with Crippen molar-refractivity contribution in [1.29, 1.82) is 0 Å². The third-order valence-corrected chi connectivity index (χ3v) is 11.4. The van der Waals surface area contributed by atoms with Crippen molar-refractivity contribution in [2.75, 3.05) is 0 Å². The van der Waals surface area contributed by atoms with Crippen molar-refractivity contribution in [3.63, 3.8) is 0 Å². The van der Waals surface area contributed by atoms with Crippen molar-refractivity contribution in [3.8, 4) is 0 Å². The van der Waals surface area contributed by atoms with Gasteiger partial charge in [0.05, 0.1) is 17.8 Å². The van der Waals surface area contributed by atoms with Crippen LogP contribution in [0.15, 0.2) is 23.3 Å². The molecule has 0 aromatic rings. The van der Waals surface area contributed by atoms with Gasteiger partial charge in [0.25, 0.3) is 0 Å². The van der Waals surface area contributed by atoms with Gasteiger partial charge in [-0.05, 0) is 67.3 Å². The van der Waals surface area contributed by atoms with Gasteiger partial charge in [0, 0.05) is 23.7 Å². The third-order valence-electron chi connectivity index (χ3n) is 11.4. The number of Topliss-reactive ketones (excluding diaryl/α,β-unsaturated/α-hetero) is 1. The van der Waals surface area contributed by atoms with Crippen LogP contribution in [-0.4, -0.2) is 49.6 Å². The van der Waals surface area contributed by atoms with Gasteiger partial charge in [0.1, 0.15) is 0 Å². The van der Waals surface area contributed by atoms with Crippen molar-refractivity contribution >= 4 is 5.78 Å². The normalized spacial score (nSPS) is 50.7. The summed E-state index contributed by atoms with van der Waals surface area (Å²) in [5, 5.41) is 45.2. The number of aliphatic hydroxyl groups is 4. The summed E-state index contributed by atoms with van der Waals surface area (Å²) in [7, 11) is 0. The second-order valence-electron chi connectivity index (χ2n) is 12.8. The Balaban J connectivity index is 1.62. The summed E-state index contributed by atoms with van der Waals surface area (Å²) in [6.07, 6.45) is 6.47. The van der Waals surface area contributed by atoms with E-state index in [0.717, 1.165) is 19.3 Å². The van der Waals surface area contributed by atoms with Gasteiger partial charge in [-0.15, -0.1) is 0 Å². The van der Waals surface area contributed by atoms with Gasteiger partial charge >= 0.3 is 0 Å². The highest BCUT2D eigenvalue weighted by Crippen LogP contribution is 2.70. The quantitative estimate of drug-likeness (QED) is 0.519. The fourth-order valence-electron chi connectivity index (χ4n) is 8.86. The van der Waals surface area contributed by atoms with E-state index in [9.17, 15) is 25.2 Å². The van der Waals surface area contributed by atoms with Gasteiger partial charge in [-0.1, -0.05) is 52.3 Å². The number of allylic oxidation sites excluding steroid dienone is 1. The minimum atomic E-state index is -1.72. The lowest BCUT2D eigenvalue weighted by molar-refractivity contribution is -0.199. The molecule has 3 fully saturated rings. The molecule has 184 valence electrons. The molecule has 5 aliphatic rings. The fraction of sp³-hybridized carbons (Fsp3) is 0.821. The van der Waals surface area contributed by atoms with Crippen LogP contribution < -0.4 is 0 Å².